The minimum absolute atomic E-state index is 0.340. The van der Waals surface area contributed by atoms with E-state index in [1.54, 1.807) is 18.6 Å². The van der Waals surface area contributed by atoms with Crippen molar-refractivity contribution in [3.63, 3.8) is 0 Å². The van der Waals surface area contributed by atoms with E-state index in [2.05, 4.69) is 29.9 Å². The number of nitrogens with two attached hydrogens (primary N) is 1. The van der Waals surface area contributed by atoms with Crippen LogP contribution in [0.5, 0.6) is 0 Å². The van der Waals surface area contributed by atoms with Crippen LogP contribution in [0.15, 0.2) is 55.2 Å². The van der Waals surface area contributed by atoms with E-state index in [1.807, 2.05) is 42.2 Å². The number of hydrogen-bond acceptors (Lipinski definition) is 6. The van der Waals surface area contributed by atoms with E-state index in [0.29, 0.717) is 29.3 Å². The van der Waals surface area contributed by atoms with Crippen molar-refractivity contribution in [3.05, 3.63) is 78.1 Å². The largest absolute Gasteiger partial charge is 0.397 e. The Balaban J connectivity index is 1.34. The molecule has 1 aromatic carbocycles. The van der Waals surface area contributed by atoms with Crippen LogP contribution in [0.1, 0.15) is 17.1 Å². The Labute approximate surface area is 188 Å². The minimum atomic E-state index is -0.340. The summed E-state index contributed by atoms with van der Waals surface area (Å²) in [5.41, 5.74) is 10.1. The maximum absolute atomic E-state index is 14.9. The van der Waals surface area contributed by atoms with E-state index in [1.165, 1.54) is 6.07 Å². The molecule has 0 atom stereocenters. The van der Waals surface area contributed by atoms with Gasteiger partial charge in [0.1, 0.15) is 17.5 Å². The zero-order chi connectivity index (χ0) is 22.5. The van der Waals surface area contributed by atoms with Gasteiger partial charge >= 0.3 is 0 Å². The minimum Gasteiger partial charge on any atom is -0.397 e. The maximum atomic E-state index is 14.9. The molecule has 0 amide bonds. The number of rotatable bonds is 3. The fraction of sp³-hybridized carbons (Fsp3) is 0.167. The molecule has 0 spiro atoms. The summed E-state index contributed by atoms with van der Waals surface area (Å²) in [7, 11) is 0. The molecule has 6 rings (SSSR count). The second-order valence-electron chi connectivity index (χ2n) is 8.24. The van der Waals surface area contributed by atoms with E-state index in [-0.39, 0.29) is 5.82 Å². The topological polar surface area (TPSA) is 99.5 Å². The second-order valence-corrected chi connectivity index (χ2v) is 8.24. The van der Waals surface area contributed by atoms with Gasteiger partial charge in [-0.05, 0) is 41.6 Å². The van der Waals surface area contributed by atoms with Gasteiger partial charge in [-0.25, -0.2) is 14.4 Å². The summed E-state index contributed by atoms with van der Waals surface area (Å²) in [5.74, 6) is 1.94. The highest BCUT2D eigenvalue weighted by Gasteiger charge is 2.16. The summed E-state index contributed by atoms with van der Waals surface area (Å²) in [4.78, 5) is 13.0. The number of hydrogen-bond donors (Lipinski definition) is 2. The predicted octanol–water partition coefficient (Wildman–Crippen LogP) is 4.07. The molecule has 9 heteroatoms. The molecule has 164 valence electrons. The molecule has 4 aromatic heterocycles. The van der Waals surface area contributed by atoms with Crippen LogP contribution in [-0.2, 0) is 19.5 Å². The van der Waals surface area contributed by atoms with Crippen molar-refractivity contribution in [2.75, 3.05) is 11.1 Å². The van der Waals surface area contributed by atoms with Crippen molar-refractivity contribution in [2.45, 2.75) is 26.4 Å². The SMILES string of the molecule is Cc1c(N)cncc1-c1cc(F)c2cnc(Nc3cc4n(n3)Cc3nccn3CC4)cc2c1. The lowest BCUT2D eigenvalue weighted by molar-refractivity contribution is 0.640. The number of nitrogens with zero attached hydrogens (tertiary/aromatic N) is 6. The molecule has 5 aromatic rings. The Morgan fingerprint density at radius 2 is 1.97 bits per heavy atom. The van der Waals surface area contributed by atoms with E-state index in [4.69, 9.17) is 5.73 Å². The summed E-state index contributed by atoms with van der Waals surface area (Å²) in [5, 5.41) is 9.13. The molecule has 1 aliphatic heterocycles. The van der Waals surface area contributed by atoms with Crippen molar-refractivity contribution in [1.29, 1.82) is 0 Å². The zero-order valence-electron chi connectivity index (χ0n) is 18.0. The van der Waals surface area contributed by atoms with Crippen LogP contribution >= 0.6 is 0 Å². The van der Waals surface area contributed by atoms with Gasteiger partial charge in [-0.2, -0.15) is 5.10 Å². The first-order valence-corrected chi connectivity index (χ1v) is 10.7. The Morgan fingerprint density at radius 3 is 2.88 bits per heavy atom. The molecular weight excluding hydrogens is 419 g/mol. The molecule has 5 heterocycles. The number of anilines is 3. The van der Waals surface area contributed by atoms with Crippen molar-refractivity contribution >= 4 is 28.1 Å². The first kappa shape index (κ1) is 19.4. The predicted molar refractivity (Wildman–Crippen MR) is 125 cm³/mol. The summed E-state index contributed by atoms with van der Waals surface area (Å²) in [6.45, 7) is 3.40. The van der Waals surface area contributed by atoms with Gasteiger partial charge in [-0.1, -0.05) is 0 Å². The lowest BCUT2D eigenvalue weighted by Crippen LogP contribution is -2.06. The number of nitrogens with one attached hydrogen (secondary N) is 1. The number of pyridine rings is 2. The average molecular weight is 440 g/mol. The molecule has 0 radical (unpaired) electrons. The number of benzene rings is 1. The molecule has 0 saturated heterocycles. The molecule has 3 N–H and O–H groups in total. The van der Waals surface area contributed by atoms with Crippen LogP contribution in [0.3, 0.4) is 0 Å². The van der Waals surface area contributed by atoms with Gasteiger partial charge in [-0.3, -0.25) is 9.67 Å². The number of aryl methyl sites for hydroxylation is 2. The lowest BCUT2D eigenvalue weighted by atomic mass is 9.99. The van der Waals surface area contributed by atoms with Crippen LogP contribution in [0.25, 0.3) is 21.9 Å². The number of halogens is 1. The van der Waals surface area contributed by atoms with Gasteiger partial charge in [-0.15, -0.1) is 0 Å². The third-order valence-corrected chi connectivity index (χ3v) is 6.17. The van der Waals surface area contributed by atoms with Crippen LogP contribution < -0.4 is 11.1 Å². The van der Waals surface area contributed by atoms with E-state index in [9.17, 15) is 4.39 Å². The smallest absolute Gasteiger partial charge is 0.153 e. The third kappa shape index (κ3) is 3.38. The lowest BCUT2D eigenvalue weighted by Gasteiger charge is -2.11. The van der Waals surface area contributed by atoms with Crippen LogP contribution in [-0.4, -0.2) is 29.3 Å². The second kappa shape index (κ2) is 7.40. The molecule has 0 aliphatic carbocycles. The summed E-state index contributed by atoms with van der Waals surface area (Å²) in [6, 6.07) is 7.28. The standard InChI is InChI=1S/C24H21FN8/c1-14-18(10-27-12-21(14)26)15-6-16-8-22(29-11-19(16)20(25)7-15)30-23-9-17-2-4-32-5-3-28-24(32)13-33(17)31-23/h3,5-12H,2,4,13,26H2,1H3,(H,29,30,31). The van der Waals surface area contributed by atoms with Crippen molar-refractivity contribution in [2.24, 2.45) is 0 Å². The normalized spacial score (nSPS) is 12.9. The van der Waals surface area contributed by atoms with Gasteiger partial charge in [0.25, 0.3) is 0 Å². The Kier molecular flexibility index (Phi) is 4.36. The highest BCUT2D eigenvalue weighted by atomic mass is 19.1. The van der Waals surface area contributed by atoms with Gasteiger partial charge in [0, 0.05) is 60.5 Å². The van der Waals surface area contributed by atoms with Gasteiger partial charge in [0.05, 0.1) is 18.4 Å². The average Bonchev–Trinajstić information content (AvgIpc) is 3.37. The van der Waals surface area contributed by atoms with E-state index in [0.717, 1.165) is 46.6 Å². The quantitative estimate of drug-likeness (QED) is 0.439. The van der Waals surface area contributed by atoms with Crippen molar-refractivity contribution in [3.8, 4) is 11.1 Å². The zero-order valence-corrected chi connectivity index (χ0v) is 18.0. The van der Waals surface area contributed by atoms with E-state index >= 15 is 0 Å². The highest BCUT2D eigenvalue weighted by Crippen LogP contribution is 2.31. The molecule has 33 heavy (non-hydrogen) atoms. The summed E-state index contributed by atoms with van der Waals surface area (Å²) in [6.07, 6.45) is 9.52. The summed E-state index contributed by atoms with van der Waals surface area (Å²) < 4.78 is 19.0. The number of imidazole rings is 1. The van der Waals surface area contributed by atoms with Crippen LogP contribution in [0.4, 0.5) is 21.7 Å². The highest BCUT2D eigenvalue weighted by molar-refractivity contribution is 5.90. The monoisotopic (exact) mass is 440 g/mol. The number of fused-ring (bicyclic) bond motifs is 3. The fourth-order valence-corrected chi connectivity index (χ4v) is 4.32. The van der Waals surface area contributed by atoms with Crippen molar-refractivity contribution < 1.29 is 4.39 Å². The fourth-order valence-electron chi connectivity index (χ4n) is 4.32. The van der Waals surface area contributed by atoms with Gasteiger partial charge in [0.2, 0.25) is 0 Å². The van der Waals surface area contributed by atoms with Crippen molar-refractivity contribution in [1.82, 2.24) is 29.3 Å². The Bertz CT molecular complexity index is 1520. The molecule has 0 fully saturated rings. The Hall–Kier alpha value is -4.27. The number of aromatic nitrogens is 6. The molecular formula is C24H21FN8. The first-order chi connectivity index (χ1) is 16.0. The molecule has 0 saturated carbocycles. The Morgan fingerprint density at radius 1 is 1.06 bits per heavy atom. The van der Waals surface area contributed by atoms with Gasteiger partial charge < -0.3 is 15.6 Å². The van der Waals surface area contributed by atoms with Crippen LogP contribution in [0.2, 0.25) is 0 Å². The molecule has 0 unspecified atom stereocenters. The molecule has 1 aliphatic rings. The maximum Gasteiger partial charge on any atom is 0.153 e. The van der Waals surface area contributed by atoms with E-state index < -0.39 is 0 Å². The first-order valence-electron chi connectivity index (χ1n) is 10.7. The number of nitrogen functional groups attached to an aromatic ring is 1. The molecule has 0 bridgehead atoms. The third-order valence-electron chi connectivity index (χ3n) is 6.17. The van der Waals surface area contributed by atoms with Gasteiger partial charge in [0.15, 0.2) is 5.82 Å². The summed E-state index contributed by atoms with van der Waals surface area (Å²) >= 11 is 0. The van der Waals surface area contributed by atoms with Crippen LogP contribution in [0, 0.1) is 12.7 Å². The molecule has 8 nitrogen and oxygen atoms in total.